The van der Waals surface area contributed by atoms with Gasteiger partial charge in [0.1, 0.15) is 5.82 Å². The predicted octanol–water partition coefficient (Wildman–Crippen LogP) is 4.45. The van der Waals surface area contributed by atoms with E-state index in [1.807, 2.05) is 0 Å². The molecule has 27 heavy (non-hydrogen) atoms. The summed E-state index contributed by atoms with van der Waals surface area (Å²) in [6, 6.07) is 10.3. The SMILES string of the molecule is Cc1ccc(NC(=O)CC2CCCC2)cc1S(=O)(=O)Nc1ccccc1F. The monoisotopic (exact) mass is 390 g/mol. The summed E-state index contributed by atoms with van der Waals surface area (Å²) in [7, 11) is -3.99. The number of anilines is 2. The van der Waals surface area contributed by atoms with Crippen LogP contribution in [0, 0.1) is 18.7 Å². The minimum atomic E-state index is -3.99. The van der Waals surface area contributed by atoms with Crippen LogP contribution in [0.5, 0.6) is 0 Å². The van der Waals surface area contributed by atoms with Gasteiger partial charge in [-0.3, -0.25) is 9.52 Å². The van der Waals surface area contributed by atoms with Crippen molar-refractivity contribution in [3.63, 3.8) is 0 Å². The second-order valence-electron chi connectivity index (χ2n) is 6.97. The Kier molecular flexibility index (Phi) is 5.79. The highest BCUT2D eigenvalue weighted by Gasteiger charge is 2.21. The average molecular weight is 390 g/mol. The molecule has 2 N–H and O–H groups in total. The van der Waals surface area contributed by atoms with Crippen LogP contribution in [-0.2, 0) is 14.8 Å². The van der Waals surface area contributed by atoms with Gasteiger partial charge in [-0.05, 0) is 55.5 Å². The number of hydrogen-bond acceptors (Lipinski definition) is 3. The van der Waals surface area contributed by atoms with Crippen LogP contribution in [0.1, 0.15) is 37.7 Å². The van der Waals surface area contributed by atoms with Crippen LogP contribution in [0.2, 0.25) is 0 Å². The Hall–Kier alpha value is -2.41. The van der Waals surface area contributed by atoms with Crippen LogP contribution in [0.25, 0.3) is 0 Å². The van der Waals surface area contributed by atoms with Gasteiger partial charge in [-0.25, -0.2) is 12.8 Å². The highest BCUT2D eigenvalue weighted by Crippen LogP contribution is 2.28. The summed E-state index contributed by atoms with van der Waals surface area (Å²) >= 11 is 0. The largest absolute Gasteiger partial charge is 0.326 e. The number of carbonyl (C=O) groups excluding carboxylic acids is 1. The fraction of sp³-hybridized carbons (Fsp3) is 0.350. The molecule has 1 aliphatic carbocycles. The van der Waals surface area contributed by atoms with E-state index >= 15 is 0 Å². The molecule has 0 aliphatic heterocycles. The van der Waals surface area contributed by atoms with Crippen molar-refractivity contribution in [1.82, 2.24) is 0 Å². The molecule has 0 radical (unpaired) electrons. The summed E-state index contributed by atoms with van der Waals surface area (Å²) in [5.41, 5.74) is 0.803. The molecule has 0 unspecified atom stereocenters. The molecule has 0 bridgehead atoms. The molecule has 7 heteroatoms. The molecular formula is C20H23FN2O3S. The van der Waals surface area contributed by atoms with Crippen LogP contribution in [0.4, 0.5) is 15.8 Å². The zero-order valence-electron chi connectivity index (χ0n) is 15.2. The van der Waals surface area contributed by atoms with Gasteiger partial charge in [0.15, 0.2) is 0 Å². The number of hydrogen-bond donors (Lipinski definition) is 2. The quantitative estimate of drug-likeness (QED) is 0.765. The molecule has 5 nitrogen and oxygen atoms in total. The molecule has 0 aromatic heterocycles. The summed E-state index contributed by atoms with van der Waals surface area (Å²) < 4.78 is 41.5. The number of rotatable bonds is 6. The number of benzene rings is 2. The third-order valence-electron chi connectivity index (χ3n) is 4.83. The predicted molar refractivity (Wildman–Crippen MR) is 104 cm³/mol. The topological polar surface area (TPSA) is 75.3 Å². The second kappa shape index (κ2) is 8.08. The Morgan fingerprint density at radius 3 is 2.56 bits per heavy atom. The van der Waals surface area contributed by atoms with Crippen LogP contribution in [0.15, 0.2) is 47.4 Å². The lowest BCUT2D eigenvalue weighted by atomic mass is 10.0. The lowest BCUT2D eigenvalue weighted by Crippen LogP contribution is -2.17. The van der Waals surface area contributed by atoms with Gasteiger partial charge in [-0.15, -0.1) is 0 Å². The van der Waals surface area contributed by atoms with Gasteiger partial charge in [-0.1, -0.05) is 31.0 Å². The van der Waals surface area contributed by atoms with E-state index in [1.54, 1.807) is 25.1 Å². The number of aryl methyl sites for hydroxylation is 1. The lowest BCUT2D eigenvalue weighted by Gasteiger charge is -2.14. The van der Waals surface area contributed by atoms with E-state index in [4.69, 9.17) is 0 Å². The first-order valence-corrected chi connectivity index (χ1v) is 10.5. The van der Waals surface area contributed by atoms with E-state index in [0.717, 1.165) is 25.7 Å². The molecule has 2 aromatic rings. The van der Waals surface area contributed by atoms with Gasteiger partial charge < -0.3 is 5.32 Å². The number of halogens is 1. The van der Waals surface area contributed by atoms with Crippen molar-refractivity contribution >= 4 is 27.3 Å². The van der Waals surface area contributed by atoms with E-state index in [-0.39, 0.29) is 16.5 Å². The first kappa shape index (κ1) is 19.4. The maximum atomic E-state index is 13.8. The van der Waals surface area contributed by atoms with Crippen molar-refractivity contribution in [2.45, 2.75) is 43.9 Å². The molecule has 0 heterocycles. The van der Waals surface area contributed by atoms with Gasteiger partial charge in [-0.2, -0.15) is 0 Å². The Balaban J connectivity index is 1.77. The molecule has 0 atom stereocenters. The molecule has 1 amide bonds. The van der Waals surface area contributed by atoms with E-state index in [1.165, 1.54) is 24.3 Å². The fourth-order valence-electron chi connectivity index (χ4n) is 3.40. The normalized spacial score (nSPS) is 14.9. The molecule has 3 rings (SSSR count). The van der Waals surface area contributed by atoms with E-state index in [2.05, 4.69) is 10.0 Å². The fourth-order valence-corrected chi connectivity index (χ4v) is 4.74. The number of carbonyl (C=O) groups is 1. The Morgan fingerprint density at radius 1 is 1.15 bits per heavy atom. The number of amides is 1. The standard InChI is InChI=1S/C20H23FN2O3S/c1-14-10-11-16(22-20(24)12-15-6-2-3-7-15)13-19(14)27(25,26)23-18-9-5-4-8-17(18)21/h4-5,8-11,13,15,23H,2-3,6-7,12H2,1H3,(H,22,24). The van der Waals surface area contributed by atoms with E-state index in [9.17, 15) is 17.6 Å². The zero-order valence-corrected chi connectivity index (χ0v) is 16.0. The molecule has 1 saturated carbocycles. The Labute approximate surface area is 159 Å². The van der Waals surface area contributed by atoms with Gasteiger partial charge in [0.25, 0.3) is 10.0 Å². The zero-order chi connectivity index (χ0) is 19.4. The summed E-state index contributed by atoms with van der Waals surface area (Å²) in [4.78, 5) is 12.2. The summed E-state index contributed by atoms with van der Waals surface area (Å²) in [5.74, 6) is -0.364. The maximum absolute atomic E-state index is 13.8. The van der Waals surface area contributed by atoms with Crippen molar-refractivity contribution in [3.8, 4) is 0 Å². The molecular weight excluding hydrogens is 367 g/mol. The van der Waals surface area contributed by atoms with Crippen molar-refractivity contribution < 1.29 is 17.6 Å². The van der Waals surface area contributed by atoms with Crippen LogP contribution in [0.3, 0.4) is 0 Å². The first-order valence-electron chi connectivity index (χ1n) is 9.03. The highest BCUT2D eigenvalue weighted by atomic mass is 32.2. The van der Waals surface area contributed by atoms with Gasteiger partial charge >= 0.3 is 0 Å². The van der Waals surface area contributed by atoms with Crippen molar-refractivity contribution in [2.24, 2.45) is 5.92 Å². The third kappa shape index (κ3) is 4.86. The maximum Gasteiger partial charge on any atom is 0.262 e. The van der Waals surface area contributed by atoms with E-state index < -0.39 is 15.8 Å². The Morgan fingerprint density at radius 2 is 1.85 bits per heavy atom. The molecule has 144 valence electrons. The first-order chi connectivity index (χ1) is 12.8. The third-order valence-corrected chi connectivity index (χ3v) is 6.34. The second-order valence-corrected chi connectivity index (χ2v) is 8.62. The molecule has 2 aromatic carbocycles. The summed E-state index contributed by atoms with van der Waals surface area (Å²) in [6.07, 6.45) is 4.89. The molecule has 1 aliphatic rings. The van der Waals surface area contributed by atoms with E-state index in [0.29, 0.717) is 23.6 Å². The summed E-state index contributed by atoms with van der Waals surface area (Å²) in [5, 5.41) is 2.78. The van der Waals surface area contributed by atoms with Gasteiger partial charge in [0.2, 0.25) is 5.91 Å². The van der Waals surface area contributed by atoms with Crippen molar-refractivity contribution in [3.05, 3.63) is 53.8 Å². The van der Waals surface area contributed by atoms with Gasteiger partial charge in [0.05, 0.1) is 10.6 Å². The average Bonchev–Trinajstić information content (AvgIpc) is 3.11. The van der Waals surface area contributed by atoms with Crippen molar-refractivity contribution in [1.29, 1.82) is 0 Å². The number of para-hydroxylation sites is 1. The van der Waals surface area contributed by atoms with Crippen LogP contribution in [-0.4, -0.2) is 14.3 Å². The molecule has 1 fully saturated rings. The lowest BCUT2D eigenvalue weighted by molar-refractivity contribution is -0.117. The minimum absolute atomic E-state index is 0.00409. The number of sulfonamides is 1. The van der Waals surface area contributed by atoms with Crippen molar-refractivity contribution in [2.75, 3.05) is 10.0 Å². The molecule has 0 saturated heterocycles. The Bertz CT molecular complexity index is 938. The molecule has 0 spiro atoms. The van der Waals surface area contributed by atoms with Gasteiger partial charge in [0, 0.05) is 12.1 Å². The smallest absolute Gasteiger partial charge is 0.262 e. The minimum Gasteiger partial charge on any atom is -0.326 e. The van der Waals surface area contributed by atoms with Crippen LogP contribution < -0.4 is 10.0 Å². The van der Waals surface area contributed by atoms with Crippen LogP contribution >= 0.6 is 0 Å². The highest BCUT2D eigenvalue weighted by molar-refractivity contribution is 7.92. The summed E-state index contributed by atoms with van der Waals surface area (Å²) in [6.45, 7) is 1.65. The number of nitrogens with one attached hydrogen (secondary N) is 2.